The van der Waals surface area contributed by atoms with Crippen molar-refractivity contribution < 1.29 is 19.2 Å². The van der Waals surface area contributed by atoms with Gasteiger partial charge in [-0.25, -0.2) is 4.68 Å². The van der Waals surface area contributed by atoms with Crippen LogP contribution in [0.2, 0.25) is 0 Å². The van der Waals surface area contributed by atoms with Gasteiger partial charge < -0.3 is 14.8 Å². The molecule has 0 saturated carbocycles. The second-order valence-electron chi connectivity index (χ2n) is 6.89. The minimum absolute atomic E-state index is 0.00347. The maximum atomic E-state index is 12.7. The number of benzene rings is 2. The molecule has 0 spiro atoms. The highest BCUT2D eigenvalue weighted by atomic mass is 32.2. The third-order valence-corrected chi connectivity index (χ3v) is 5.89. The Morgan fingerprint density at radius 1 is 1.16 bits per heavy atom. The lowest BCUT2D eigenvalue weighted by Crippen LogP contribution is -2.13. The number of aromatic nitrogens is 2. The summed E-state index contributed by atoms with van der Waals surface area (Å²) in [4.78, 5) is 23.1. The number of ether oxygens (including phenoxy) is 2. The van der Waals surface area contributed by atoms with Crippen LogP contribution >= 0.6 is 11.8 Å². The minimum atomic E-state index is -0.451. The average Bonchev–Trinajstić information content (AvgIpc) is 3.49. The van der Waals surface area contributed by atoms with E-state index in [4.69, 9.17) is 9.47 Å². The van der Waals surface area contributed by atoms with E-state index in [0.29, 0.717) is 23.0 Å². The standard InChI is InChI=1S/C21H16N4O5S/c26-20(8-2-13-1-7-18-19(9-13)30-12-29-18)22-21-16-10-31-11-17(16)23-24(21)14-3-5-15(6-4-14)25(27)28/h1-9H,10-12H2,(H,22,26)/b8-2+. The van der Waals surface area contributed by atoms with Crippen LogP contribution in [0, 0.1) is 10.1 Å². The number of nitrogens with one attached hydrogen (secondary N) is 1. The number of amides is 1. The van der Waals surface area contributed by atoms with Gasteiger partial charge in [-0.1, -0.05) is 6.07 Å². The summed E-state index contributed by atoms with van der Waals surface area (Å²) in [6.45, 7) is 0.193. The smallest absolute Gasteiger partial charge is 0.269 e. The number of nitrogens with zero attached hydrogens (tertiary/aromatic N) is 3. The number of anilines is 1. The van der Waals surface area contributed by atoms with Crippen molar-refractivity contribution in [1.29, 1.82) is 0 Å². The van der Waals surface area contributed by atoms with Gasteiger partial charge in [0.25, 0.3) is 5.69 Å². The number of fused-ring (bicyclic) bond motifs is 2. The summed E-state index contributed by atoms with van der Waals surface area (Å²) >= 11 is 1.72. The van der Waals surface area contributed by atoms with E-state index in [1.807, 2.05) is 12.1 Å². The van der Waals surface area contributed by atoms with E-state index in [9.17, 15) is 14.9 Å². The predicted molar refractivity (Wildman–Crippen MR) is 115 cm³/mol. The van der Waals surface area contributed by atoms with Gasteiger partial charge in [0.1, 0.15) is 5.82 Å². The average molecular weight is 436 g/mol. The molecule has 0 bridgehead atoms. The number of rotatable bonds is 5. The molecule has 0 aliphatic carbocycles. The molecule has 10 heteroatoms. The molecule has 0 unspecified atom stereocenters. The third kappa shape index (κ3) is 3.73. The highest BCUT2D eigenvalue weighted by Crippen LogP contribution is 2.36. The Morgan fingerprint density at radius 3 is 2.77 bits per heavy atom. The number of non-ortho nitro benzene ring substituents is 1. The fourth-order valence-corrected chi connectivity index (χ4v) is 4.43. The normalized spacial score (nSPS) is 14.1. The number of hydrogen-bond acceptors (Lipinski definition) is 7. The molecule has 31 heavy (non-hydrogen) atoms. The summed E-state index contributed by atoms with van der Waals surface area (Å²) < 4.78 is 12.3. The van der Waals surface area contributed by atoms with Crippen LogP contribution in [0.1, 0.15) is 16.8 Å². The van der Waals surface area contributed by atoms with E-state index < -0.39 is 4.92 Å². The molecule has 0 fully saturated rings. The lowest BCUT2D eigenvalue weighted by Gasteiger charge is -2.09. The van der Waals surface area contributed by atoms with Crippen molar-refractivity contribution in [3.8, 4) is 17.2 Å². The van der Waals surface area contributed by atoms with Crippen LogP contribution < -0.4 is 14.8 Å². The van der Waals surface area contributed by atoms with Gasteiger partial charge >= 0.3 is 0 Å². The van der Waals surface area contributed by atoms with Gasteiger partial charge in [-0.15, -0.1) is 0 Å². The first-order chi connectivity index (χ1) is 15.1. The maximum Gasteiger partial charge on any atom is 0.269 e. The monoisotopic (exact) mass is 436 g/mol. The van der Waals surface area contributed by atoms with Gasteiger partial charge in [0.15, 0.2) is 11.5 Å². The van der Waals surface area contributed by atoms with E-state index in [2.05, 4.69) is 10.4 Å². The first-order valence-corrected chi connectivity index (χ1v) is 10.6. The molecule has 156 valence electrons. The van der Waals surface area contributed by atoms with Crippen molar-refractivity contribution in [1.82, 2.24) is 9.78 Å². The van der Waals surface area contributed by atoms with Gasteiger partial charge in [-0.05, 0) is 35.9 Å². The van der Waals surface area contributed by atoms with E-state index in [1.54, 1.807) is 40.7 Å². The Kier molecular flexibility index (Phi) is 4.83. The van der Waals surface area contributed by atoms with E-state index in [-0.39, 0.29) is 18.4 Å². The number of carbonyl (C=O) groups is 1. The van der Waals surface area contributed by atoms with Crippen LogP contribution in [-0.4, -0.2) is 27.4 Å². The molecule has 3 heterocycles. The molecule has 9 nitrogen and oxygen atoms in total. The van der Waals surface area contributed by atoms with Crippen molar-refractivity contribution >= 4 is 35.3 Å². The Hall–Kier alpha value is -3.79. The molecule has 3 aromatic rings. The summed E-state index contributed by atoms with van der Waals surface area (Å²) in [6.07, 6.45) is 3.14. The lowest BCUT2D eigenvalue weighted by atomic mass is 10.2. The zero-order valence-corrected chi connectivity index (χ0v) is 16.9. The molecule has 5 rings (SSSR count). The second-order valence-corrected chi connectivity index (χ2v) is 7.87. The van der Waals surface area contributed by atoms with Crippen molar-refractivity contribution in [3.63, 3.8) is 0 Å². The summed E-state index contributed by atoms with van der Waals surface area (Å²) in [5.74, 6) is 3.10. The SMILES string of the molecule is O=C(/C=C/c1ccc2c(c1)OCO2)Nc1c2c(nn1-c1ccc([N+](=O)[O-])cc1)CSC2. The van der Waals surface area contributed by atoms with Crippen LogP contribution in [0.5, 0.6) is 11.5 Å². The van der Waals surface area contributed by atoms with E-state index >= 15 is 0 Å². The third-order valence-electron chi connectivity index (χ3n) is 4.92. The van der Waals surface area contributed by atoms with Gasteiger partial charge in [-0.3, -0.25) is 14.9 Å². The largest absolute Gasteiger partial charge is 0.454 e. The molecule has 0 atom stereocenters. The molecule has 2 aromatic carbocycles. The van der Waals surface area contributed by atoms with Crippen molar-refractivity contribution in [2.24, 2.45) is 0 Å². The number of carbonyl (C=O) groups excluding carboxylic acids is 1. The summed E-state index contributed by atoms with van der Waals surface area (Å²) in [5, 5.41) is 18.5. The Labute approximate surface area is 180 Å². The van der Waals surface area contributed by atoms with Crippen molar-refractivity contribution in [2.45, 2.75) is 11.5 Å². The highest BCUT2D eigenvalue weighted by molar-refractivity contribution is 7.98. The molecule has 0 saturated heterocycles. The molecule has 2 aliphatic rings. The summed E-state index contributed by atoms with van der Waals surface area (Å²) in [7, 11) is 0. The first kappa shape index (κ1) is 19.2. The topological polar surface area (TPSA) is 109 Å². The quantitative estimate of drug-likeness (QED) is 0.367. The molecule has 1 amide bonds. The van der Waals surface area contributed by atoms with Gasteiger partial charge in [-0.2, -0.15) is 16.9 Å². The molecule has 2 aliphatic heterocycles. The van der Waals surface area contributed by atoms with Crippen LogP contribution in [0.15, 0.2) is 48.5 Å². The maximum absolute atomic E-state index is 12.7. The number of thioether (sulfide) groups is 1. The second kappa shape index (κ2) is 7.80. The fraction of sp³-hybridized carbons (Fsp3) is 0.143. The van der Waals surface area contributed by atoms with E-state index in [1.165, 1.54) is 18.2 Å². The van der Waals surface area contributed by atoms with Crippen LogP contribution in [0.25, 0.3) is 11.8 Å². The fourth-order valence-electron chi connectivity index (χ4n) is 3.39. The van der Waals surface area contributed by atoms with Crippen LogP contribution in [-0.2, 0) is 16.3 Å². The molecule has 1 N–H and O–H groups in total. The van der Waals surface area contributed by atoms with E-state index in [0.717, 1.165) is 28.3 Å². The predicted octanol–water partition coefficient (Wildman–Crippen LogP) is 3.91. The van der Waals surface area contributed by atoms with Gasteiger partial charge in [0.05, 0.1) is 16.3 Å². The zero-order valence-electron chi connectivity index (χ0n) is 16.1. The number of hydrogen-bond donors (Lipinski definition) is 1. The Bertz CT molecular complexity index is 1220. The molecule has 0 radical (unpaired) electrons. The highest BCUT2D eigenvalue weighted by Gasteiger charge is 2.24. The molecule has 1 aromatic heterocycles. The van der Waals surface area contributed by atoms with Gasteiger partial charge in [0, 0.05) is 35.3 Å². The van der Waals surface area contributed by atoms with Crippen LogP contribution in [0.3, 0.4) is 0 Å². The lowest BCUT2D eigenvalue weighted by molar-refractivity contribution is -0.384. The van der Waals surface area contributed by atoms with Crippen LogP contribution in [0.4, 0.5) is 11.5 Å². The summed E-state index contributed by atoms with van der Waals surface area (Å²) in [6, 6.07) is 11.5. The molecular formula is C21H16N4O5S. The number of nitro benzene ring substituents is 1. The summed E-state index contributed by atoms with van der Waals surface area (Å²) in [5.41, 5.74) is 3.31. The minimum Gasteiger partial charge on any atom is -0.454 e. The first-order valence-electron chi connectivity index (χ1n) is 9.40. The van der Waals surface area contributed by atoms with Gasteiger partial charge in [0.2, 0.25) is 12.7 Å². The molecular weight excluding hydrogens is 420 g/mol. The Morgan fingerprint density at radius 2 is 1.97 bits per heavy atom. The number of nitro groups is 1. The van der Waals surface area contributed by atoms with Crippen molar-refractivity contribution in [3.05, 3.63) is 75.5 Å². The van der Waals surface area contributed by atoms with Crippen molar-refractivity contribution in [2.75, 3.05) is 12.1 Å². The zero-order chi connectivity index (χ0) is 21.4. The Balaban J connectivity index is 1.39.